The molecule has 0 radical (unpaired) electrons. The molecule has 2 unspecified atom stereocenters. The molecule has 1 N–H and O–H groups in total. The SMILES string of the molecule is CCNC(=NCc1ccc(C(=O)N2CC(C)OC(C)C2)cc1)N1CCN(C(C)=O)CC1.I. The summed E-state index contributed by atoms with van der Waals surface area (Å²) in [5.41, 5.74) is 1.75. The van der Waals surface area contributed by atoms with Gasteiger partial charge in [-0.15, -0.1) is 24.0 Å². The van der Waals surface area contributed by atoms with Gasteiger partial charge in [-0.2, -0.15) is 0 Å². The first-order valence-corrected chi connectivity index (χ1v) is 11.2. The van der Waals surface area contributed by atoms with Gasteiger partial charge in [-0.05, 0) is 38.5 Å². The van der Waals surface area contributed by atoms with Crippen molar-refractivity contribution in [1.29, 1.82) is 0 Å². The summed E-state index contributed by atoms with van der Waals surface area (Å²) in [6, 6.07) is 7.72. The van der Waals surface area contributed by atoms with E-state index in [2.05, 4.69) is 17.1 Å². The number of morpholine rings is 1. The number of ether oxygens (including phenoxy) is 1. The summed E-state index contributed by atoms with van der Waals surface area (Å²) in [5.74, 6) is 1.04. The molecule has 178 valence electrons. The van der Waals surface area contributed by atoms with Gasteiger partial charge >= 0.3 is 0 Å². The molecule has 2 aliphatic heterocycles. The van der Waals surface area contributed by atoms with Crippen LogP contribution in [0.2, 0.25) is 0 Å². The minimum absolute atomic E-state index is 0. The number of carbonyl (C=O) groups is 2. The zero-order valence-corrected chi connectivity index (χ0v) is 21.9. The van der Waals surface area contributed by atoms with Crippen LogP contribution in [0.1, 0.15) is 43.6 Å². The van der Waals surface area contributed by atoms with E-state index in [0.29, 0.717) is 25.2 Å². The van der Waals surface area contributed by atoms with Gasteiger partial charge in [-0.1, -0.05) is 12.1 Å². The van der Waals surface area contributed by atoms with Crippen LogP contribution in [0.3, 0.4) is 0 Å². The van der Waals surface area contributed by atoms with E-state index in [-0.39, 0.29) is 48.0 Å². The fraction of sp³-hybridized carbons (Fsp3) is 0.609. The van der Waals surface area contributed by atoms with E-state index in [1.165, 1.54) is 0 Å². The van der Waals surface area contributed by atoms with Crippen LogP contribution in [0, 0.1) is 0 Å². The van der Waals surface area contributed by atoms with Crippen LogP contribution < -0.4 is 5.32 Å². The van der Waals surface area contributed by atoms with Crippen molar-refractivity contribution in [2.24, 2.45) is 4.99 Å². The maximum atomic E-state index is 12.8. The second-order valence-corrected chi connectivity index (χ2v) is 8.33. The van der Waals surface area contributed by atoms with Crippen LogP contribution >= 0.6 is 24.0 Å². The predicted octanol–water partition coefficient (Wildman–Crippen LogP) is 2.18. The van der Waals surface area contributed by atoms with Crippen LogP contribution in [0.25, 0.3) is 0 Å². The number of hydrogen-bond acceptors (Lipinski definition) is 4. The first-order chi connectivity index (χ1) is 14.9. The molecule has 2 amide bonds. The third kappa shape index (κ3) is 7.06. The van der Waals surface area contributed by atoms with Crippen molar-refractivity contribution < 1.29 is 14.3 Å². The topological polar surface area (TPSA) is 77.5 Å². The van der Waals surface area contributed by atoms with Crippen molar-refractivity contribution in [3.8, 4) is 0 Å². The maximum absolute atomic E-state index is 12.8. The molecule has 2 atom stereocenters. The standard InChI is InChI=1S/C23H35N5O3.HI/c1-5-24-23(27-12-10-26(11-13-27)19(4)29)25-14-20-6-8-21(9-7-20)22(30)28-15-17(2)31-18(3)16-28;/h6-9,17-18H,5,10-16H2,1-4H3,(H,24,25);1H. The maximum Gasteiger partial charge on any atom is 0.254 e. The van der Waals surface area contributed by atoms with Gasteiger partial charge in [0.2, 0.25) is 5.91 Å². The quantitative estimate of drug-likeness (QED) is 0.349. The molecule has 3 rings (SSSR count). The largest absolute Gasteiger partial charge is 0.372 e. The second-order valence-electron chi connectivity index (χ2n) is 8.33. The Morgan fingerprint density at radius 1 is 1.00 bits per heavy atom. The monoisotopic (exact) mass is 557 g/mol. The zero-order chi connectivity index (χ0) is 22.4. The highest BCUT2D eigenvalue weighted by atomic mass is 127. The predicted molar refractivity (Wildman–Crippen MR) is 136 cm³/mol. The van der Waals surface area contributed by atoms with E-state index in [4.69, 9.17) is 9.73 Å². The van der Waals surface area contributed by atoms with Crippen molar-refractivity contribution in [2.45, 2.75) is 46.4 Å². The summed E-state index contributed by atoms with van der Waals surface area (Å²) in [6.07, 6.45) is 0.117. The van der Waals surface area contributed by atoms with E-state index >= 15 is 0 Å². The third-order valence-electron chi connectivity index (χ3n) is 5.68. The smallest absolute Gasteiger partial charge is 0.254 e. The van der Waals surface area contributed by atoms with Crippen LogP contribution in [-0.4, -0.2) is 90.5 Å². The van der Waals surface area contributed by atoms with Crippen LogP contribution in [0.4, 0.5) is 0 Å². The molecule has 0 bridgehead atoms. The number of hydrogen-bond donors (Lipinski definition) is 1. The average Bonchev–Trinajstić information content (AvgIpc) is 2.76. The molecule has 8 nitrogen and oxygen atoms in total. The van der Waals surface area contributed by atoms with Gasteiger partial charge in [0, 0.05) is 58.3 Å². The second kappa shape index (κ2) is 12.4. The molecule has 0 aliphatic carbocycles. The summed E-state index contributed by atoms with van der Waals surface area (Å²) in [7, 11) is 0. The lowest BCUT2D eigenvalue weighted by atomic mass is 10.1. The number of amides is 2. The molecule has 1 aromatic carbocycles. The van der Waals surface area contributed by atoms with Crippen LogP contribution in [0.15, 0.2) is 29.3 Å². The number of guanidine groups is 1. The molecule has 32 heavy (non-hydrogen) atoms. The molecule has 1 aromatic rings. The van der Waals surface area contributed by atoms with Crippen molar-refractivity contribution in [1.82, 2.24) is 20.0 Å². The van der Waals surface area contributed by atoms with Crippen molar-refractivity contribution in [3.63, 3.8) is 0 Å². The molecular weight excluding hydrogens is 521 g/mol. The van der Waals surface area contributed by atoms with Gasteiger partial charge in [-0.25, -0.2) is 4.99 Å². The van der Waals surface area contributed by atoms with Gasteiger partial charge in [0.15, 0.2) is 5.96 Å². The molecule has 0 saturated carbocycles. The fourth-order valence-corrected chi connectivity index (χ4v) is 4.10. The molecule has 9 heteroatoms. The fourth-order valence-electron chi connectivity index (χ4n) is 4.10. The van der Waals surface area contributed by atoms with Crippen molar-refractivity contribution in [2.75, 3.05) is 45.8 Å². The third-order valence-corrected chi connectivity index (χ3v) is 5.68. The Hall–Kier alpha value is -1.88. The summed E-state index contributed by atoms with van der Waals surface area (Å²) in [6.45, 7) is 13.2. The van der Waals surface area contributed by atoms with Crippen LogP contribution in [0.5, 0.6) is 0 Å². The zero-order valence-electron chi connectivity index (χ0n) is 19.5. The minimum atomic E-state index is 0. The Bertz CT molecular complexity index is 783. The number of carbonyl (C=O) groups excluding carboxylic acids is 2. The Morgan fingerprint density at radius 2 is 1.56 bits per heavy atom. The molecule has 2 saturated heterocycles. The first-order valence-electron chi connectivity index (χ1n) is 11.2. The Kier molecular flexibility index (Phi) is 10.2. The number of halogens is 1. The highest BCUT2D eigenvalue weighted by molar-refractivity contribution is 14.0. The van der Waals surface area contributed by atoms with Gasteiger partial charge in [0.05, 0.1) is 18.8 Å². The lowest BCUT2D eigenvalue weighted by Gasteiger charge is -2.36. The summed E-state index contributed by atoms with van der Waals surface area (Å²) in [4.78, 5) is 35.1. The summed E-state index contributed by atoms with van der Waals surface area (Å²) in [5, 5.41) is 3.35. The highest BCUT2D eigenvalue weighted by Gasteiger charge is 2.26. The Balaban J connectivity index is 0.00000363. The highest BCUT2D eigenvalue weighted by Crippen LogP contribution is 2.15. The summed E-state index contributed by atoms with van der Waals surface area (Å²) >= 11 is 0. The van der Waals surface area contributed by atoms with E-state index in [1.54, 1.807) is 6.92 Å². The number of nitrogens with one attached hydrogen (secondary N) is 1. The summed E-state index contributed by atoms with van der Waals surface area (Å²) < 4.78 is 5.73. The number of rotatable bonds is 4. The number of aliphatic imine (C=N–C) groups is 1. The first kappa shape index (κ1) is 26.4. The Morgan fingerprint density at radius 3 is 2.09 bits per heavy atom. The molecule has 2 aliphatic rings. The van der Waals surface area contributed by atoms with Crippen LogP contribution in [-0.2, 0) is 16.1 Å². The molecule has 0 spiro atoms. The lowest BCUT2D eigenvalue weighted by Crippen LogP contribution is -2.53. The van der Waals surface area contributed by atoms with E-state index < -0.39 is 0 Å². The number of nitrogens with zero attached hydrogens (tertiary/aromatic N) is 4. The normalized spacial score (nSPS) is 21.8. The van der Waals surface area contributed by atoms with E-state index in [9.17, 15) is 9.59 Å². The lowest BCUT2D eigenvalue weighted by molar-refractivity contribution is -0.130. The van der Waals surface area contributed by atoms with Gasteiger partial charge < -0.3 is 24.8 Å². The van der Waals surface area contributed by atoms with Gasteiger partial charge in [0.1, 0.15) is 0 Å². The molecule has 2 fully saturated rings. The van der Waals surface area contributed by atoms with Gasteiger partial charge in [0.25, 0.3) is 5.91 Å². The van der Waals surface area contributed by atoms with E-state index in [1.807, 2.05) is 47.9 Å². The number of piperazine rings is 1. The molecule has 0 aromatic heterocycles. The minimum Gasteiger partial charge on any atom is -0.372 e. The van der Waals surface area contributed by atoms with Gasteiger partial charge in [-0.3, -0.25) is 9.59 Å². The number of benzene rings is 1. The van der Waals surface area contributed by atoms with Crippen molar-refractivity contribution >= 4 is 41.8 Å². The Labute approximate surface area is 208 Å². The molecular formula is C23H36IN5O3. The molecule has 2 heterocycles. The van der Waals surface area contributed by atoms with E-state index in [0.717, 1.165) is 44.2 Å². The average molecular weight is 557 g/mol. The van der Waals surface area contributed by atoms with Crippen molar-refractivity contribution in [3.05, 3.63) is 35.4 Å².